The topological polar surface area (TPSA) is 21.7 Å². The van der Waals surface area contributed by atoms with E-state index < -0.39 is 0 Å². The van der Waals surface area contributed by atoms with Gasteiger partial charge < -0.3 is 9.47 Å². The number of morpholine rings is 1. The van der Waals surface area contributed by atoms with Gasteiger partial charge in [0.15, 0.2) is 0 Å². The van der Waals surface area contributed by atoms with Gasteiger partial charge in [0.05, 0.1) is 18.3 Å². The summed E-state index contributed by atoms with van der Waals surface area (Å²) in [6.45, 7) is 15.8. The first-order valence-electron chi connectivity index (χ1n) is 9.84. The summed E-state index contributed by atoms with van der Waals surface area (Å²) in [6.07, 6.45) is 8.95. The summed E-state index contributed by atoms with van der Waals surface area (Å²) in [5.74, 6) is 0.882. The Morgan fingerprint density at radius 1 is 0.957 bits per heavy atom. The van der Waals surface area contributed by atoms with Crippen LogP contribution in [-0.2, 0) is 9.47 Å². The summed E-state index contributed by atoms with van der Waals surface area (Å²) < 4.78 is 11.9. The predicted octanol–water partition coefficient (Wildman–Crippen LogP) is 4.50. The smallest absolute Gasteiger partial charge is 0.0678 e. The first-order valence-corrected chi connectivity index (χ1v) is 9.84. The van der Waals surface area contributed by atoms with E-state index in [0.717, 1.165) is 25.6 Å². The van der Waals surface area contributed by atoms with Gasteiger partial charge in [-0.2, -0.15) is 0 Å². The molecule has 0 aromatic heterocycles. The number of rotatable bonds is 6. The van der Waals surface area contributed by atoms with Crippen LogP contribution in [0.5, 0.6) is 0 Å². The zero-order chi connectivity index (χ0) is 16.9. The fourth-order valence-electron chi connectivity index (χ4n) is 4.25. The van der Waals surface area contributed by atoms with Crippen molar-refractivity contribution in [1.82, 2.24) is 4.90 Å². The van der Waals surface area contributed by atoms with E-state index in [1.54, 1.807) is 0 Å². The normalized spacial score (nSPS) is 33.8. The molecule has 136 valence electrons. The van der Waals surface area contributed by atoms with Crippen LogP contribution in [0, 0.1) is 11.3 Å². The van der Waals surface area contributed by atoms with Gasteiger partial charge in [-0.25, -0.2) is 0 Å². The van der Waals surface area contributed by atoms with Gasteiger partial charge in [0, 0.05) is 19.7 Å². The zero-order valence-corrected chi connectivity index (χ0v) is 16.1. The number of unbranched alkanes of at least 4 members (excludes halogenated alkanes) is 1. The molecular weight excluding hydrogens is 286 g/mol. The average molecular weight is 326 g/mol. The Hall–Kier alpha value is -0.120. The van der Waals surface area contributed by atoms with Gasteiger partial charge >= 0.3 is 0 Å². The second kappa shape index (κ2) is 8.82. The third kappa shape index (κ3) is 6.72. The third-order valence-electron chi connectivity index (χ3n) is 5.62. The molecule has 3 nitrogen and oxygen atoms in total. The zero-order valence-electron chi connectivity index (χ0n) is 16.1. The molecule has 0 radical (unpaired) electrons. The van der Waals surface area contributed by atoms with Crippen molar-refractivity contribution in [3.8, 4) is 0 Å². The van der Waals surface area contributed by atoms with Gasteiger partial charge in [-0.15, -0.1) is 0 Å². The maximum absolute atomic E-state index is 6.13. The molecule has 1 aliphatic heterocycles. The number of hydrogen-bond acceptors (Lipinski definition) is 3. The largest absolute Gasteiger partial charge is 0.378 e. The molecule has 1 saturated carbocycles. The highest BCUT2D eigenvalue weighted by molar-refractivity contribution is 4.81. The fourth-order valence-corrected chi connectivity index (χ4v) is 4.25. The van der Waals surface area contributed by atoms with Gasteiger partial charge in [-0.05, 0) is 70.3 Å². The summed E-state index contributed by atoms with van der Waals surface area (Å²) in [5, 5.41) is 0. The van der Waals surface area contributed by atoms with E-state index >= 15 is 0 Å². The minimum atomic E-state index is 0.382. The third-order valence-corrected chi connectivity index (χ3v) is 5.62. The van der Waals surface area contributed by atoms with Gasteiger partial charge in [-0.1, -0.05) is 20.8 Å². The summed E-state index contributed by atoms with van der Waals surface area (Å²) in [7, 11) is 0. The molecule has 0 bridgehead atoms. The van der Waals surface area contributed by atoms with Crippen molar-refractivity contribution < 1.29 is 9.47 Å². The molecule has 2 atom stereocenters. The standard InChI is InChI=1S/C20H39NO2/c1-16-14-21(15-17(2)23-16)12-6-7-13-22-19-10-8-18(9-11-19)20(3,4)5/h16-19H,6-15H2,1-5H3. The number of ether oxygens (including phenoxy) is 2. The summed E-state index contributed by atoms with van der Waals surface area (Å²) in [4.78, 5) is 2.55. The monoisotopic (exact) mass is 325 g/mol. The molecule has 2 rings (SSSR count). The molecule has 1 heterocycles. The quantitative estimate of drug-likeness (QED) is 0.671. The summed E-state index contributed by atoms with van der Waals surface area (Å²) in [6, 6.07) is 0. The molecule has 0 amide bonds. The Kier molecular flexibility index (Phi) is 7.37. The lowest BCUT2D eigenvalue weighted by Crippen LogP contribution is -2.45. The van der Waals surface area contributed by atoms with Crippen molar-refractivity contribution in [2.75, 3.05) is 26.2 Å². The minimum Gasteiger partial charge on any atom is -0.378 e. The van der Waals surface area contributed by atoms with E-state index in [0.29, 0.717) is 23.7 Å². The first-order chi connectivity index (χ1) is 10.8. The van der Waals surface area contributed by atoms with Gasteiger partial charge in [-0.3, -0.25) is 4.90 Å². The lowest BCUT2D eigenvalue weighted by Gasteiger charge is -2.37. The van der Waals surface area contributed by atoms with Crippen LogP contribution in [0.25, 0.3) is 0 Å². The Balaban J connectivity index is 1.51. The average Bonchev–Trinajstić information content (AvgIpc) is 2.45. The molecule has 0 spiro atoms. The molecule has 0 N–H and O–H groups in total. The van der Waals surface area contributed by atoms with E-state index in [2.05, 4.69) is 39.5 Å². The highest BCUT2D eigenvalue weighted by Gasteiger charge is 2.29. The Labute approximate surface area is 144 Å². The van der Waals surface area contributed by atoms with Crippen LogP contribution in [-0.4, -0.2) is 49.5 Å². The van der Waals surface area contributed by atoms with Crippen molar-refractivity contribution in [3.63, 3.8) is 0 Å². The van der Waals surface area contributed by atoms with Crippen LogP contribution >= 0.6 is 0 Å². The van der Waals surface area contributed by atoms with Crippen LogP contribution in [0.2, 0.25) is 0 Å². The van der Waals surface area contributed by atoms with Crippen molar-refractivity contribution >= 4 is 0 Å². The van der Waals surface area contributed by atoms with Crippen molar-refractivity contribution in [3.05, 3.63) is 0 Å². The predicted molar refractivity (Wildman–Crippen MR) is 96.8 cm³/mol. The van der Waals surface area contributed by atoms with Crippen LogP contribution < -0.4 is 0 Å². The highest BCUT2D eigenvalue weighted by Crippen LogP contribution is 2.38. The maximum atomic E-state index is 6.13. The van der Waals surface area contributed by atoms with E-state index in [9.17, 15) is 0 Å². The Morgan fingerprint density at radius 3 is 2.13 bits per heavy atom. The second-order valence-electron chi connectivity index (χ2n) is 8.93. The number of hydrogen-bond donors (Lipinski definition) is 0. The van der Waals surface area contributed by atoms with E-state index in [-0.39, 0.29) is 0 Å². The Bertz CT molecular complexity index is 321. The lowest BCUT2D eigenvalue weighted by molar-refractivity contribution is -0.0687. The van der Waals surface area contributed by atoms with Gasteiger partial charge in [0.2, 0.25) is 0 Å². The van der Waals surface area contributed by atoms with Crippen molar-refractivity contribution in [2.45, 2.75) is 91.5 Å². The fraction of sp³-hybridized carbons (Fsp3) is 1.00. The molecule has 23 heavy (non-hydrogen) atoms. The molecule has 2 unspecified atom stereocenters. The summed E-state index contributed by atoms with van der Waals surface area (Å²) >= 11 is 0. The van der Waals surface area contributed by atoms with Gasteiger partial charge in [0.1, 0.15) is 0 Å². The number of nitrogens with zero attached hydrogens (tertiary/aromatic N) is 1. The Morgan fingerprint density at radius 2 is 1.57 bits per heavy atom. The van der Waals surface area contributed by atoms with E-state index in [4.69, 9.17) is 9.47 Å². The molecule has 0 aromatic rings. The van der Waals surface area contributed by atoms with Crippen LogP contribution in [0.15, 0.2) is 0 Å². The highest BCUT2D eigenvalue weighted by atomic mass is 16.5. The lowest BCUT2D eigenvalue weighted by atomic mass is 9.72. The van der Waals surface area contributed by atoms with Crippen molar-refractivity contribution in [1.29, 1.82) is 0 Å². The van der Waals surface area contributed by atoms with E-state index in [1.165, 1.54) is 45.1 Å². The molecule has 1 saturated heterocycles. The molecular formula is C20H39NO2. The first kappa shape index (κ1) is 19.2. The van der Waals surface area contributed by atoms with Gasteiger partial charge in [0.25, 0.3) is 0 Å². The minimum absolute atomic E-state index is 0.382. The van der Waals surface area contributed by atoms with Crippen LogP contribution in [0.4, 0.5) is 0 Å². The molecule has 3 heteroatoms. The second-order valence-corrected chi connectivity index (χ2v) is 8.93. The summed E-state index contributed by atoms with van der Waals surface area (Å²) in [5.41, 5.74) is 0.470. The molecule has 0 aromatic carbocycles. The van der Waals surface area contributed by atoms with E-state index in [1.807, 2.05) is 0 Å². The molecule has 2 aliphatic rings. The maximum Gasteiger partial charge on any atom is 0.0678 e. The van der Waals surface area contributed by atoms with Crippen molar-refractivity contribution in [2.24, 2.45) is 11.3 Å². The van der Waals surface area contributed by atoms with Crippen LogP contribution in [0.3, 0.4) is 0 Å². The molecule has 2 fully saturated rings. The van der Waals surface area contributed by atoms with Crippen LogP contribution in [0.1, 0.15) is 73.1 Å². The SMILES string of the molecule is CC1CN(CCCCOC2CCC(C(C)(C)C)CC2)CC(C)O1. The molecule has 1 aliphatic carbocycles.